The fourth-order valence-electron chi connectivity index (χ4n) is 2.02. The second kappa shape index (κ2) is 8.80. The molecule has 1 aromatic carbocycles. The van der Waals surface area contributed by atoms with Gasteiger partial charge in [-0.3, -0.25) is 0 Å². The summed E-state index contributed by atoms with van der Waals surface area (Å²) in [4.78, 5) is 2.27. The van der Waals surface area contributed by atoms with Crippen LogP contribution in [0.15, 0.2) is 22.7 Å². The molecule has 0 amide bonds. The standard InChI is InChI=1S/C14H21BrClNO2/c1-11(10-19-3)17(6-7-18-2)14-8-13(15)5-4-12(14)9-16/h4-5,8,11H,6-7,9-10H2,1-3H3. The number of hydrogen-bond acceptors (Lipinski definition) is 3. The van der Waals surface area contributed by atoms with E-state index in [1.54, 1.807) is 14.2 Å². The van der Waals surface area contributed by atoms with Crippen LogP contribution in [0.1, 0.15) is 12.5 Å². The first-order chi connectivity index (χ1) is 9.13. The number of rotatable bonds is 8. The maximum Gasteiger partial charge on any atom is 0.0663 e. The second-order valence-electron chi connectivity index (χ2n) is 4.40. The van der Waals surface area contributed by atoms with Crippen molar-refractivity contribution in [3.63, 3.8) is 0 Å². The van der Waals surface area contributed by atoms with Crippen molar-refractivity contribution in [1.82, 2.24) is 0 Å². The van der Waals surface area contributed by atoms with E-state index in [0.717, 1.165) is 22.3 Å². The highest BCUT2D eigenvalue weighted by molar-refractivity contribution is 9.10. The fraction of sp³-hybridized carbons (Fsp3) is 0.571. The SMILES string of the molecule is COCCN(c1cc(Br)ccc1CCl)C(C)COC. The van der Waals surface area contributed by atoms with Crippen LogP contribution in [-0.4, -0.2) is 40.0 Å². The van der Waals surface area contributed by atoms with E-state index < -0.39 is 0 Å². The molecule has 0 aromatic heterocycles. The summed E-state index contributed by atoms with van der Waals surface area (Å²) in [7, 11) is 3.43. The van der Waals surface area contributed by atoms with Crippen molar-refractivity contribution in [2.75, 3.05) is 38.9 Å². The molecular weight excluding hydrogens is 330 g/mol. The van der Waals surface area contributed by atoms with E-state index in [4.69, 9.17) is 21.1 Å². The molecule has 0 fully saturated rings. The average molecular weight is 351 g/mol. The van der Waals surface area contributed by atoms with Crippen molar-refractivity contribution >= 4 is 33.2 Å². The van der Waals surface area contributed by atoms with E-state index >= 15 is 0 Å². The molecule has 1 atom stereocenters. The van der Waals surface area contributed by atoms with Crippen LogP contribution >= 0.6 is 27.5 Å². The number of alkyl halides is 1. The van der Waals surface area contributed by atoms with E-state index in [2.05, 4.69) is 33.8 Å². The van der Waals surface area contributed by atoms with E-state index in [1.807, 2.05) is 12.1 Å². The molecule has 0 bridgehead atoms. The van der Waals surface area contributed by atoms with Crippen molar-refractivity contribution in [2.45, 2.75) is 18.8 Å². The van der Waals surface area contributed by atoms with Crippen LogP contribution < -0.4 is 4.90 Å². The maximum atomic E-state index is 6.04. The smallest absolute Gasteiger partial charge is 0.0663 e. The molecule has 0 saturated carbocycles. The van der Waals surface area contributed by atoms with Crippen molar-refractivity contribution in [1.29, 1.82) is 0 Å². The number of methoxy groups -OCH3 is 2. The number of halogens is 2. The molecule has 1 unspecified atom stereocenters. The minimum atomic E-state index is 0.261. The lowest BCUT2D eigenvalue weighted by molar-refractivity contribution is 0.171. The third kappa shape index (κ3) is 4.95. The Kier molecular flexibility index (Phi) is 7.76. The Morgan fingerprint density at radius 1 is 1.32 bits per heavy atom. The Morgan fingerprint density at radius 2 is 2.05 bits per heavy atom. The van der Waals surface area contributed by atoms with Gasteiger partial charge in [-0.1, -0.05) is 22.0 Å². The van der Waals surface area contributed by atoms with Crippen molar-refractivity contribution in [3.8, 4) is 0 Å². The summed E-state index contributed by atoms with van der Waals surface area (Å²) < 4.78 is 11.5. The number of nitrogens with zero attached hydrogens (tertiary/aromatic N) is 1. The minimum absolute atomic E-state index is 0.261. The van der Waals surface area contributed by atoms with E-state index in [9.17, 15) is 0 Å². The zero-order valence-corrected chi connectivity index (χ0v) is 14.0. The molecule has 0 N–H and O–H groups in total. The van der Waals surface area contributed by atoms with Gasteiger partial charge in [0.05, 0.1) is 13.2 Å². The molecule has 19 heavy (non-hydrogen) atoms. The molecule has 5 heteroatoms. The van der Waals surface area contributed by atoms with Gasteiger partial charge in [0, 0.05) is 42.8 Å². The van der Waals surface area contributed by atoms with Crippen LogP contribution in [0.4, 0.5) is 5.69 Å². The summed E-state index contributed by atoms with van der Waals surface area (Å²) in [6.45, 7) is 4.28. The number of anilines is 1. The third-order valence-electron chi connectivity index (χ3n) is 2.98. The van der Waals surface area contributed by atoms with Crippen molar-refractivity contribution < 1.29 is 9.47 Å². The summed E-state index contributed by atoms with van der Waals surface area (Å²) in [6, 6.07) is 6.42. The summed E-state index contributed by atoms with van der Waals surface area (Å²) >= 11 is 9.56. The first-order valence-electron chi connectivity index (χ1n) is 6.23. The zero-order valence-electron chi connectivity index (χ0n) is 11.7. The minimum Gasteiger partial charge on any atom is -0.383 e. The van der Waals surface area contributed by atoms with E-state index in [0.29, 0.717) is 19.1 Å². The highest BCUT2D eigenvalue weighted by Crippen LogP contribution is 2.28. The highest BCUT2D eigenvalue weighted by Gasteiger charge is 2.17. The topological polar surface area (TPSA) is 21.7 Å². The number of benzene rings is 1. The van der Waals surface area contributed by atoms with Crippen molar-refractivity contribution in [2.24, 2.45) is 0 Å². The van der Waals surface area contributed by atoms with Gasteiger partial charge < -0.3 is 14.4 Å². The molecule has 0 aliphatic carbocycles. The summed E-state index contributed by atoms with van der Waals surface area (Å²) in [6.07, 6.45) is 0. The third-order valence-corrected chi connectivity index (χ3v) is 3.76. The van der Waals surface area contributed by atoms with Crippen LogP contribution in [0.25, 0.3) is 0 Å². The van der Waals surface area contributed by atoms with Crippen LogP contribution in [-0.2, 0) is 15.4 Å². The van der Waals surface area contributed by atoms with Gasteiger partial charge in [0.2, 0.25) is 0 Å². The first-order valence-corrected chi connectivity index (χ1v) is 7.55. The quantitative estimate of drug-likeness (QED) is 0.668. The van der Waals surface area contributed by atoms with Crippen molar-refractivity contribution in [3.05, 3.63) is 28.2 Å². The normalized spacial score (nSPS) is 12.5. The lowest BCUT2D eigenvalue weighted by Crippen LogP contribution is -2.39. The monoisotopic (exact) mass is 349 g/mol. The van der Waals surface area contributed by atoms with Gasteiger partial charge in [-0.2, -0.15) is 0 Å². The molecule has 0 radical (unpaired) electrons. The average Bonchev–Trinajstić information content (AvgIpc) is 2.40. The van der Waals surface area contributed by atoms with Crippen LogP contribution in [0.3, 0.4) is 0 Å². The van der Waals surface area contributed by atoms with Gasteiger partial charge in [-0.15, -0.1) is 11.6 Å². The molecule has 1 aromatic rings. The zero-order chi connectivity index (χ0) is 14.3. The van der Waals surface area contributed by atoms with E-state index in [-0.39, 0.29) is 6.04 Å². The molecule has 108 valence electrons. The molecule has 1 rings (SSSR count). The Hall–Kier alpha value is -0.290. The maximum absolute atomic E-state index is 6.04. The number of hydrogen-bond donors (Lipinski definition) is 0. The van der Waals surface area contributed by atoms with Crippen LogP contribution in [0.2, 0.25) is 0 Å². The van der Waals surface area contributed by atoms with Gasteiger partial charge in [-0.05, 0) is 24.6 Å². The van der Waals surface area contributed by atoms with Gasteiger partial charge >= 0.3 is 0 Å². The predicted molar refractivity (Wildman–Crippen MR) is 84.3 cm³/mol. The van der Waals surface area contributed by atoms with Gasteiger partial charge in [0.15, 0.2) is 0 Å². The molecular formula is C14H21BrClNO2. The second-order valence-corrected chi connectivity index (χ2v) is 5.58. The summed E-state index contributed by atoms with van der Waals surface area (Å²) in [5.74, 6) is 0.492. The molecule has 0 aliphatic heterocycles. The Labute approximate surface area is 129 Å². The number of ether oxygens (including phenoxy) is 2. The lowest BCUT2D eigenvalue weighted by Gasteiger charge is -2.32. The van der Waals surface area contributed by atoms with E-state index in [1.165, 1.54) is 0 Å². The Balaban J connectivity index is 3.04. The van der Waals surface area contributed by atoms with Crippen LogP contribution in [0.5, 0.6) is 0 Å². The highest BCUT2D eigenvalue weighted by atomic mass is 79.9. The lowest BCUT2D eigenvalue weighted by atomic mass is 10.1. The summed E-state index contributed by atoms with van der Waals surface area (Å²) in [5, 5.41) is 0. The molecule has 0 heterocycles. The molecule has 0 spiro atoms. The molecule has 0 saturated heterocycles. The van der Waals surface area contributed by atoms with Gasteiger partial charge in [0.25, 0.3) is 0 Å². The van der Waals surface area contributed by atoms with Gasteiger partial charge in [0.1, 0.15) is 0 Å². The van der Waals surface area contributed by atoms with Gasteiger partial charge in [-0.25, -0.2) is 0 Å². The predicted octanol–water partition coefficient (Wildman–Crippen LogP) is 3.68. The molecule has 3 nitrogen and oxygen atoms in total. The summed E-state index contributed by atoms with van der Waals surface area (Å²) in [5.41, 5.74) is 2.25. The largest absolute Gasteiger partial charge is 0.383 e. The Morgan fingerprint density at radius 3 is 2.63 bits per heavy atom. The fourth-order valence-corrected chi connectivity index (χ4v) is 2.59. The first kappa shape index (κ1) is 16.8. The Bertz CT molecular complexity index is 390. The van der Waals surface area contributed by atoms with Crippen LogP contribution in [0, 0.1) is 0 Å². The molecule has 0 aliphatic rings.